The molecule has 25 heavy (non-hydrogen) atoms. The van der Waals surface area contributed by atoms with Gasteiger partial charge in [-0.15, -0.1) is 0 Å². The predicted molar refractivity (Wildman–Crippen MR) is 92.6 cm³/mol. The van der Waals surface area contributed by atoms with E-state index in [-0.39, 0.29) is 11.9 Å². The number of amides is 3. The zero-order valence-corrected chi connectivity index (χ0v) is 14.6. The summed E-state index contributed by atoms with van der Waals surface area (Å²) >= 11 is 0. The second-order valence-corrected chi connectivity index (χ2v) is 6.27. The van der Waals surface area contributed by atoms with Crippen molar-refractivity contribution in [1.82, 2.24) is 14.7 Å². The van der Waals surface area contributed by atoms with E-state index in [2.05, 4.69) is 0 Å². The van der Waals surface area contributed by atoms with Crippen LogP contribution in [-0.2, 0) is 16.0 Å². The molecule has 0 N–H and O–H groups in total. The van der Waals surface area contributed by atoms with E-state index < -0.39 is 0 Å². The van der Waals surface area contributed by atoms with Crippen molar-refractivity contribution in [3.8, 4) is 5.75 Å². The molecule has 2 heterocycles. The van der Waals surface area contributed by atoms with Crippen LogP contribution in [0.15, 0.2) is 24.3 Å². The second kappa shape index (κ2) is 8.20. The number of morpholine rings is 1. The molecule has 2 fully saturated rings. The van der Waals surface area contributed by atoms with Crippen molar-refractivity contribution in [2.75, 3.05) is 59.6 Å². The molecule has 0 saturated carbocycles. The summed E-state index contributed by atoms with van der Waals surface area (Å²) in [7, 11) is 1.62. The minimum Gasteiger partial charge on any atom is -0.497 e. The highest BCUT2D eigenvalue weighted by Crippen LogP contribution is 2.14. The first kappa shape index (κ1) is 17.5. The number of carbonyl (C=O) groups excluding carboxylic acids is 2. The fourth-order valence-electron chi connectivity index (χ4n) is 3.13. The van der Waals surface area contributed by atoms with E-state index in [0.29, 0.717) is 58.9 Å². The highest BCUT2D eigenvalue weighted by Gasteiger charge is 2.27. The third-order valence-electron chi connectivity index (χ3n) is 4.70. The molecule has 0 unspecified atom stereocenters. The van der Waals surface area contributed by atoms with Crippen LogP contribution in [0.5, 0.6) is 5.75 Å². The molecule has 2 aliphatic heterocycles. The first-order chi connectivity index (χ1) is 12.2. The van der Waals surface area contributed by atoms with Crippen LogP contribution >= 0.6 is 0 Å². The summed E-state index contributed by atoms with van der Waals surface area (Å²) in [5.41, 5.74) is 0.970. The fourth-order valence-corrected chi connectivity index (χ4v) is 3.13. The van der Waals surface area contributed by atoms with Gasteiger partial charge in [0.25, 0.3) is 0 Å². The summed E-state index contributed by atoms with van der Waals surface area (Å²) in [4.78, 5) is 30.4. The topological polar surface area (TPSA) is 62.3 Å². The smallest absolute Gasteiger partial charge is 0.320 e. The Hall–Kier alpha value is -2.28. The van der Waals surface area contributed by atoms with Crippen LogP contribution in [0.3, 0.4) is 0 Å². The van der Waals surface area contributed by atoms with Gasteiger partial charge in [-0.2, -0.15) is 0 Å². The van der Waals surface area contributed by atoms with Gasteiger partial charge in [0.2, 0.25) is 5.91 Å². The van der Waals surface area contributed by atoms with Gasteiger partial charge in [0.05, 0.1) is 26.7 Å². The molecular weight excluding hydrogens is 322 g/mol. The first-order valence-electron chi connectivity index (χ1n) is 8.69. The van der Waals surface area contributed by atoms with E-state index in [1.807, 2.05) is 39.0 Å². The number of urea groups is 1. The predicted octanol–water partition coefficient (Wildman–Crippen LogP) is 0.834. The lowest BCUT2D eigenvalue weighted by atomic mass is 10.1. The van der Waals surface area contributed by atoms with Crippen molar-refractivity contribution in [2.24, 2.45) is 0 Å². The average Bonchev–Trinajstić information content (AvgIpc) is 2.69. The second-order valence-electron chi connectivity index (χ2n) is 6.27. The largest absolute Gasteiger partial charge is 0.497 e. The van der Waals surface area contributed by atoms with Crippen molar-refractivity contribution >= 4 is 11.9 Å². The molecule has 136 valence electrons. The Morgan fingerprint density at radius 2 is 1.48 bits per heavy atom. The van der Waals surface area contributed by atoms with Crippen LogP contribution < -0.4 is 4.74 Å². The van der Waals surface area contributed by atoms with E-state index in [9.17, 15) is 9.59 Å². The van der Waals surface area contributed by atoms with Crippen LogP contribution in [-0.4, -0.2) is 86.2 Å². The van der Waals surface area contributed by atoms with Crippen molar-refractivity contribution < 1.29 is 19.1 Å². The van der Waals surface area contributed by atoms with Crippen LogP contribution in [0.1, 0.15) is 5.56 Å². The van der Waals surface area contributed by atoms with Crippen molar-refractivity contribution in [2.45, 2.75) is 6.42 Å². The molecule has 7 nitrogen and oxygen atoms in total. The number of rotatable bonds is 3. The van der Waals surface area contributed by atoms with E-state index in [4.69, 9.17) is 9.47 Å². The minimum absolute atomic E-state index is 0.0607. The quantitative estimate of drug-likeness (QED) is 0.813. The number of methoxy groups -OCH3 is 1. The highest BCUT2D eigenvalue weighted by atomic mass is 16.5. The van der Waals surface area contributed by atoms with Crippen molar-refractivity contribution in [3.63, 3.8) is 0 Å². The zero-order valence-electron chi connectivity index (χ0n) is 14.6. The number of ether oxygens (including phenoxy) is 2. The third kappa shape index (κ3) is 4.42. The summed E-state index contributed by atoms with van der Waals surface area (Å²) in [5.74, 6) is 0.884. The van der Waals surface area contributed by atoms with E-state index in [0.717, 1.165) is 11.3 Å². The van der Waals surface area contributed by atoms with Gasteiger partial charge in [0.1, 0.15) is 5.75 Å². The average molecular weight is 347 g/mol. The molecule has 0 aliphatic carbocycles. The molecule has 2 saturated heterocycles. The minimum atomic E-state index is 0.0607. The normalized spacial score (nSPS) is 18.2. The Balaban J connectivity index is 1.47. The van der Waals surface area contributed by atoms with E-state index in [1.165, 1.54) is 0 Å². The first-order valence-corrected chi connectivity index (χ1v) is 8.69. The summed E-state index contributed by atoms with van der Waals surface area (Å²) in [6, 6.07) is 7.61. The Morgan fingerprint density at radius 3 is 2.08 bits per heavy atom. The SMILES string of the molecule is COc1ccc(CC(=O)N2CCN(C(=O)N3CCOCC3)CC2)cc1. The number of hydrogen-bond acceptors (Lipinski definition) is 4. The van der Waals surface area contributed by atoms with Crippen LogP contribution in [0, 0.1) is 0 Å². The molecule has 3 rings (SSSR count). The molecule has 2 aliphatic rings. The third-order valence-corrected chi connectivity index (χ3v) is 4.70. The highest BCUT2D eigenvalue weighted by molar-refractivity contribution is 5.79. The lowest BCUT2D eigenvalue weighted by molar-refractivity contribution is -0.131. The summed E-state index contributed by atoms with van der Waals surface area (Å²) in [6.45, 7) is 4.86. The monoisotopic (exact) mass is 347 g/mol. The Kier molecular flexibility index (Phi) is 5.75. The van der Waals surface area contributed by atoms with Crippen molar-refractivity contribution in [1.29, 1.82) is 0 Å². The number of carbonyl (C=O) groups is 2. The standard InChI is InChI=1S/C18H25N3O4/c1-24-16-4-2-15(3-5-16)14-17(22)19-6-8-20(9-7-19)18(23)21-10-12-25-13-11-21/h2-5H,6-14H2,1H3. The number of piperazine rings is 1. The molecule has 0 bridgehead atoms. The molecule has 1 aromatic rings. The lowest BCUT2D eigenvalue weighted by Crippen LogP contribution is -2.55. The fraction of sp³-hybridized carbons (Fsp3) is 0.556. The molecule has 1 aromatic carbocycles. The molecular formula is C18H25N3O4. The molecule has 3 amide bonds. The maximum absolute atomic E-state index is 12.5. The number of benzene rings is 1. The molecule has 7 heteroatoms. The number of nitrogens with zero attached hydrogens (tertiary/aromatic N) is 3. The van der Waals surface area contributed by atoms with Gasteiger partial charge in [-0.05, 0) is 17.7 Å². The van der Waals surface area contributed by atoms with Gasteiger partial charge in [0, 0.05) is 39.3 Å². The lowest BCUT2D eigenvalue weighted by Gasteiger charge is -2.38. The Labute approximate surface area is 148 Å². The van der Waals surface area contributed by atoms with Crippen LogP contribution in [0.4, 0.5) is 4.79 Å². The Morgan fingerprint density at radius 1 is 0.920 bits per heavy atom. The van der Waals surface area contributed by atoms with E-state index >= 15 is 0 Å². The van der Waals surface area contributed by atoms with Crippen molar-refractivity contribution in [3.05, 3.63) is 29.8 Å². The molecule has 0 atom stereocenters. The Bertz CT molecular complexity index is 591. The molecule has 0 spiro atoms. The van der Waals surface area contributed by atoms with Gasteiger partial charge >= 0.3 is 6.03 Å². The number of hydrogen-bond donors (Lipinski definition) is 0. The maximum Gasteiger partial charge on any atom is 0.320 e. The zero-order chi connectivity index (χ0) is 17.6. The van der Waals surface area contributed by atoms with Gasteiger partial charge in [-0.25, -0.2) is 4.79 Å². The van der Waals surface area contributed by atoms with E-state index in [1.54, 1.807) is 7.11 Å². The van der Waals surface area contributed by atoms with Gasteiger partial charge in [-0.1, -0.05) is 12.1 Å². The summed E-state index contributed by atoms with van der Waals surface area (Å²) in [6.07, 6.45) is 0.376. The van der Waals surface area contributed by atoms with Crippen LogP contribution in [0.25, 0.3) is 0 Å². The van der Waals surface area contributed by atoms with Gasteiger partial charge < -0.3 is 24.2 Å². The van der Waals surface area contributed by atoms with Gasteiger partial charge in [-0.3, -0.25) is 4.79 Å². The summed E-state index contributed by atoms with van der Waals surface area (Å²) in [5, 5.41) is 0. The summed E-state index contributed by atoms with van der Waals surface area (Å²) < 4.78 is 10.4. The molecule has 0 radical (unpaired) electrons. The van der Waals surface area contributed by atoms with Gasteiger partial charge in [0.15, 0.2) is 0 Å². The molecule has 0 aromatic heterocycles. The van der Waals surface area contributed by atoms with Crippen LogP contribution in [0.2, 0.25) is 0 Å². The maximum atomic E-state index is 12.5.